The first-order chi connectivity index (χ1) is 12.0. The van der Waals surface area contributed by atoms with Crippen molar-refractivity contribution in [2.24, 2.45) is 0 Å². The Morgan fingerprint density at radius 2 is 1.96 bits per heavy atom. The van der Waals surface area contributed by atoms with Gasteiger partial charge in [-0.15, -0.1) is 23.1 Å². The van der Waals surface area contributed by atoms with Gasteiger partial charge in [0.05, 0.1) is 22.8 Å². The van der Waals surface area contributed by atoms with Crippen molar-refractivity contribution in [2.45, 2.75) is 0 Å². The number of imide groups is 1. The van der Waals surface area contributed by atoms with Crippen LogP contribution in [0.2, 0.25) is 0 Å². The maximum atomic E-state index is 13.0. The van der Waals surface area contributed by atoms with Gasteiger partial charge in [0.2, 0.25) is 0 Å². The Hall–Kier alpha value is -2.09. The molecule has 1 aromatic carbocycles. The van der Waals surface area contributed by atoms with Crippen LogP contribution in [0.3, 0.4) is 0 Å². The summed E-state index contributed by atoms with van der Waals surface area (Å²) in [6.45, 7) is -0.0521. The van der Waals surface area contributed by atoms with Gasteiger partial charge in [0, 0.05) is 30.4 Å². The summed E-state index contributed by atoms with van der Waals surface area (Å²) in [5.41, 5.74) is 1.88. The van der Waals surface area contributed by atoms with E-state index in [0.717, 1.165) is 10.6 Å². The third kappa shape index (κ3) is 3.35. The number of hydrogen-bond donors (Lipinski definition) is 1. The van der Waals surface area contributed by atoms with Crippen molar-refractivity contribution in [1.82, 2.24) is 0 Å². The molecule has 0 aliphatic carbocycles. The molecule has 0 fully saturated rings. The summed E-state index contributed by atoms with van der Waals surface area (Å²) in [6, 6.07) is 11.0. The van der Waals surface area contributed by atoms with Gasteiger partial charge in [-0.2, -0.15) is 0 Å². The lowest BCUT2D eigenvalue weighted by molar-refractivity contribution is -0.119. The Kier molecular flexibility index (Phi) is 5.27. The van der Waals surface area contributed by atoms with Crippen molar-refractivity contribution in [2.75, 3.05) is 36.3 Å². The van der Waals surface area contributed by atoms with Gasteiger partial charge in [-0.25, -0.2) is 4.90 Å². The fourth-order valence-electron chi connectivity index (χ4n) is 2.57. The number of anilines is 2. The van der Waals surface area contributed by atoms with E-state index in [4.69, 9.17) is 5.11 Å². The van der Waals surface area contributed by atoms with Crippen LogP contribution in [0.1, 0.15) is 4.88 Å². The topological polar surface area (TPSA) is 60.9 Å². The standard InChI is InChI=1S/C18H18N2O3S2/c1-19(2)12-5-3-6-13(11-12)20-17(22)15(14-7-4-9-24-14)16(18(20)23)25-10-8-21/h3-7,9,11,21H,8,10H2,1-2H3. The van der Waals surface area contributed by atoms with Crippen molar-refractivity contribution >= 4 is 51.9 Å². The third-order valence-electron chi connectivity index (χ3n) is 3.75. The lowest BCUT2D eigenvalue weighted by atomic mass is 10.2. The molecular weight excluding hydrogens is 356 g/mol. The highest BCUT2D eigenvalue weighted by Crippen LogP contribution is 2.40. The van der Waals surface area contributed by atoms with Crippen molar-refractivity contribution in [3.8, 4) is 0 Å². The smallest absolute Gasteiger partial charge is 0.272 e. The SMILES string of the molecule is CN(C)c1cccc(N2C(=O)C(SCCO)=C(c3cccs3)C2=O)c1. The van der Waals surface area contributed by atoms with Gasteiger partial charge in [0.15, 0.2) is 0 Å². The van der Waals surface area contributed by atoms with E-state index in [1.807, 2.05) is 54.7 Å². The number of thiophene rings is 1. The zero-order chi connectivity index (χ0) is 18.0. The van der Waals surface area contributed by atoms with E-state index in [9.17, 15) is 9.59 Å². The van der Waals surface area contributed by atoms with Gasteiger partial charge in [0.1, 0.15) is 0 Å². The minimum Gasteiger partial charge on any atom is -0.396 e. The molecule has 0 bridgehead atoms. The van der Waals surface area contributed by atoms with Crippen LogP contribution in [0, 0.1) is 0 Å². The summed E-state index contributed by atoms with van der Waals surface area (Å²) >= 11 is 2.65. The molecule has 3 rings (SSSR count). The lowest BCUT2D eigenvalue weighted by Gasteiger charge is -2.18. The van der Waals surface area contributed by atoms with Crippen LogP contribution < -0.4 is 9.80 Å². The fourth-order valence-corrected chi connectivity index (χ4v) is 4.26. The maximum Gasteiger partial charge on any atom is 0.272 e. The Balaban J connectivity index is 2.03. The van der Waals surface area contributed by atoms with E-state index in [0.29, 0.717) is 21.9 Å². The molecule has 0 atom stereocenters. The van der Waals surface area contributed by atoms with Crippen molar-refractivity contribution in [3.05, 3.63) is 51.6 Å². The second-order valence-electron chi connectivity index (χ2n) is 5.61. The quantitative estimate of drug-likeness (QED) is 0.788. The normalized spacial score (nSPS) is 14.6. The summed E-state index contributed by atoms with van der Waals surface area (Å²) in [5, 5.41) is 11.0. The number of carbonyl (C=O) groups excluding carboxylic acids is 2. The zero-order valence-corrected chi connectivity index (χ0v) is 15.6. The van der Waals surface area contributed by atoms with Crippen LogP contribution in [0.25, 0.3) is 5.57 Å². The Morgan fingerprint density at radius 1 is 1.16 bits per heavy atom. The van der Waals surface area contributed by atoms with E-state index in [-0.39, 0.29) is 18.4 Å². The van der Waals surface area contributed by atoms with E-state index >= 15 is 0 Å². The van der Waals surface area contributed by atoms with E-state index in [1.165, 1.54) is 28.0 Å². The first-order valence-electron chi connectivity index (χ1n) is 7.72. The van der Waals surface area contributed by atoms with Gasteiger partial charge in [-0.3, -0.25) is 9.59 Å². The molecule has 0 spiro atoms. The van der Waals surface area contributed by atoms with Crippen LogP contribution in [0.4, 0.5) is 11.4 Å². The number of nitrogens with zero attached hydrogens (tertiary/aromatic N) is 2. The van der Waals surface area contributed by atoms with Crippen LogP contribution in [0.5, 0.6) is 0 Å². The highest BCUT2D eigenvalue weighted by molar-refractivity contribution is 8.04. The number of hydrogen-bond acceptors (Lipinski definition) is 6. The van der Waals surface area contributed by atoms with Crippen molar-refractivity contribution in [3.63, 3.8) is 0 Å². The Bertz CT molecular complexity index is 829. The van der Waals surface area contributed by atoms with Gasteiger partial charge in [-0.1, -0.05) is 12.1 Å². The number of thioether (sulfide) groups is 1. The van der Waals surface area contributed by atoms with Gasteiger partial charge < -0.3 is 10.0 Å². The molecule has 0 radical (unpaired) electrons. The van der Waals surface area contributed by atoms with Gasteiger partial charge >= 0.3 is 0 Å². The molecule has 1 aromatic heterocycles. The predicted octanol–water partition coefficient (Wildman–Crippen LogP) is 2.82. The molecule has 1 aliphatic heterocycles. The van der Waals surface area contributed by atoms with Gasteiger partial charge in [-0.05, 0) is 29.6 Å². The Labute approximate surface area is 154 Å². The zero-order valence-electron chi connectivity index (χ0n) is 13.9. The van der Waals surface area contributed by atoms with E-state index in [2.05, 4.69) is 0 Å². The molecule has 2 heterocycles. The van der Waals surface area contributed by atoms with E-state index in [1.54, 1.807) is 6.07 Å². The molecular formula is C18H18N2O3S2. The minimum atomic E-state index is -0.331. The number of benzene rings is 1. The molecule has 1 aliphatic rings. The number of rotatable bonds is 6. The Morgan fingerprint density at radius 3 is 2.60 bits per heavy atom. The number of amides is 2. The fraction of sp³-hybridized carbons (Fsp3) is 0.222. The highest BCUT2D eigenvalue weighted by Gasteiger charge is 2.40. The average molecular weight is 374 g/mol. The van der Waals surface area contributed by atoms with Crippen molar-refractivity contribution < 1.29 is 14.7 Å². The summed E-state index contributed by atoms with van der Waals surface area (Å²) < 4.78 is 0. The van der Waals surface area contributed by atoms with Crippen LogP contribution in [0.15, 0.2) is 46.7 Å². The minimum absolute atomic E-state index is 0.0521. The van der Waals surface area contributed by atoms with Crippen LogP contribution in [-0.2, 0) is 9.59 Å². The average Bonchev–Trinajstić information content (AvgIpc) is 3.19. The van der Waals surface area contributed by atoms with Crippen LogP contribution in [-0.4, -0.2) is 43.4 Å². The summed E-state index contributed by atoms with van der Waals surface area (Å²) in [5.74, 6) is -0.277. The maximum absolute atomic E-state index is 13.0. The summed E-state index contributed by atoms with van der Waals surface area (Å²) in [4.78, 5) is 30.3. The second kappa shape index (κ2) is 7.43. The van der Waals surface area contributed by atoms with Gasteiger partial charge in [0.25, 0.3) is 11.8 Å². The molecule has 5 nitrogen and oxygen atoms in total. The predicted molar refractivity (Wildman–Crippen MR) is 104 cm³/mol. The van der Waals surface area contributed by atoms with E-state index < -0.39 is 0 Å². The lowest BCUT2D eigenvalue weighted by Crippen LogP contribution is -2.31. The molecule has 0 unspecified atom stereocenters. The molecule has 2 amide bonds. The second-order valence-corrected chi connectivity index (χ2v) is 7.67. The van der Waals surface area contributed by atoms with Crippen LogP contribution >= 0.6 is 23.1 Å². The molecule has 7 heteroatoms. The molecule has 2 aromatic rings. The third-order valence-corrected chi connectivity index (χ3v) is 5.69. The molecule has 0 saturated carbocycles. The largest absolute Gasteiger partial charge is 0.396 e. The molecule has 0 saturated heterocycles. The molecule has 25 heavy (non-hydrogen) atoms. The summed E-state index contributed by atoms with van der Waals surface area (Å²) in [7, 11) is 3.81. The van der Waals surface area contributed by atoms with Crippen molar-refractivity contribution in [1.29, 1.82) is 0 Å². The number of aliphatic hydroxyl groups excluding tert-OH is 1. The molecule has 130 valence electrons. The number of carbonyl (C=O) groups is 2. The first kappa shape index (κ1) is 17.7. The summed E-state index contributed by atoms with van der Waals surface area (Å²) in [6.07, 6.45) is 0. The first-order valence-corrected chi connectivity index (χ1v) is 9.59. The molecule has 1 N–H and O–H groups in total. The monoisotopic (exact) mass is 374 g/mol. The highest BCUT2D eigenvalue weighted by atomic mass is 32.2. The number of aliphatic hydroxyl groups is 1.